The molecule has 0 bridgehead atoms. The van der Waals surface area contributed by atoms with Crippen LogP contribution in [-0.4, -0.2) is 16.7 Å². The Morgan fingerprint density at radius 3 is 2.05 bits per heavy atom. The molecule has 2 atom stereocenters. The molecule has 2 aromatic carbocycles. The van der Waals surface area contributed by atoms with Crippen LogP contribution in [0.25, 0.3) is 0 Å². The summed E-state index contributed by atoms with van der Waals surface area (Å²) in [5, 5.41) is 14.1. The molecule has 0 amide bonds. The van der Waals surface area contributed by atoms with Crippen LogP contribution in [0.1, 0.15) is 49.8 Å². The maximum atomic E-state index is 10.4. The van der Waals surface area contributed by atoms with Crippen molar-refractivity contribution in [2.45, 2.75) is 50.3 Å². The highest BCUT2D eigenvalue weighted by atomic mass is 16.3. The molecule has 0 radical (unpaired) electrons. The first-order valence-electron chi connectivity index (χ1n) is 8.22. The fraction of sp³-hybridized carbons (Fsp3) is 0.400. The van der Waals surface area contributed by atoms with Crippen LogP contribution in [0.2, 0.25) is 0 Å². The van der Waals surface area contributed by atoms with Crippen molar-refractivity contribution in [2.75, 3.05) is 0 Å². The van der Waals surface area contributed by atoms with Crippen LogP contribution in [0.4, 0.5) is 0 Å². The normalized spacial score (nSPS) is 25.3. The smallest absolute Gasteiger partial charge is 0.0634 e. The molecule has 22 heavy (non-hydrogen) atoms. The summed E-state index contributed by atoms with van der Waals surface area (Å²) < 4.78 is 0. The molecule has 2 heteroatoms. The Labute approximate surface area is 133 Å². The molecule has 0 spiro atoms. The summed E-state index contributed by atoms with van der Waals surface area (Å²) in [5.74, 6) is 0. The van der Waals surface area contributed by atoms with Crippen LogP contribution < -0.4 is 5.32 Å². The first kappa shape index (κ1) is 15.3. The number of rotatable bonds is 4. The van der Waals surface area contributed by atoms with Gasteiger partial charge in [0.05, 0.1) is 11.6 Å². The summed E-state index contributed by atoms with van der Waals surface area (Å²) in [5.41, 5.74) is 2.02. The number of nitrogens with one attached hydrogen (secondary N) is 1. The molecule has 0 heterocycles. The Kier molecular flexibility index (Phi) is 4.60. The van der Waals surface area contributed by atoms with Gasteiger partial charge in [0.15, 0.2) is 0 Å². The molecule has 0 unspecified atom stereocenters. The van der Waals surface area contributed by atoms with E-state index in [0.29, 0.717) is 6.04 Å². The average Bonchev–Trinajstić information content (AvgIpc) is 2.53. The van der Waals surface area contributed by atoms with Crippen molar-refractivity contribution in [1.29, 1.82) is 0 Å². The molecule has 2 nitrogen and oxygen atoms in total. The number of benzene rings is 2. The standard InChI is InChI=1S/C20H25NO/c1-20(22)14-8-13-18(15-20)21-19(16-9-4-2-5-10-16)17-11-6-3-7-12-17/h2-7,9-12,18-19,21-22H,8,13-15H2,1H3/t18-,20+/m1/s1. The quantitative estimate of drug-likeness (QED) is 0.891. The predicted octanol–water partition coefficient (Wildman–Crippen LogP) is 4.06. The highest BCUT2D eigenvalue weighted by Gasteiger charge is 2.31. The monoisotopic (exact) mass is 295 g/mol. The van der Waals surface area contributed by atoms with Gasteiger partial charge in [0.2, 0.25) is 0 Å². The van der Waals surface area contributed by atoms with Gasteiger partial charge in [-0.1, -0.05) is 60.7 Å². The van der Waals surface area contributed by atoms with Gasteiger partial charge in [-0.05, 0) is 43.7 Å². The Balaban J connectivity index is 1.83. The summed E-state index contributed by atoms with van der Waals surface area (Å²) in [6, 6.07) is 21.7. The molecule has 2 N–H and O–H groups in total. The molecule has 0 aliphatic heterocycles. The van der Waals surface area contributed by atoms with E-state index in [-0.39, 0.29) is 6.04 Å². The van der Waals surface area contributed by atoms with Crippen LogP contribution >= 0.6 is 0 Å². The molecule has 1 saturated carbocycles. The maximum Gasteiger partial charge on any atom is 0.0634 e. The largest absolute Gasteiger partial charge is 0.390 e. The third kappa shape index (κ3) is 3.76. The molecule has 1 aliphatic rings. The van der Waals surface area contributed by atoms with Crippen molar-refractivity contribution in [3.63, 3.8) is 0 Å². The Hall–Kier alpha value is -1.64. The number of hydrogen-bond acceptors (Lipinski definition) is 2. The zero-order valence-corrected chi connectivity index (χ0v) is 13.2. The number of hydrogen-bond donors (Lipinski definition) is 2. The van der Waals surface area contributed by atoms with Gasteiger partial charge in [-0.15, -0.1) is 0 Å². The lowest BCUT2D eigenvalue weighted by Gasteiger charge is -2.36. The zero-order chi connectivity index (χ0) is 15.4. The molecule has 0 saturated heterocycles. The molecule has 1 aliphatic carbocycles. The Morgan fingerprint density at radius 2 is 1.55 bits per heavy atom. The molecular weight excluding hydrogens is 270 g/mol. The van der Waals surface area contributed by atoms with Gasteiger partial charge in [0.1, 0.15) is 0 Å². The van der Waals surface area contributed by atoms with E-state index >= 15 is 0 Å². The van der Waals surface area contributed by atoms with Crippen molar-refractivity contribution in [1.82, 2.24) is 5.32 Å². The lowest BCUT2D eigenvalue weighted by Crippen LogP contribution is -2.43. The fourth-order valence-corrected chi connectivity index (χ4v) is 3.52. The SMILES string of the molecule is C[C@]1(O)CCC[C@@H](NC(c2ccccc2)c2ccccc2)C1. The second kappa shape index (κ2) is 6.64. The molecule has 1 fully saturated rings. The molecular formula is C20H25NO. The second-order valence-corrected chi connectivity index (χ2v) is 6.71. The van der Waals surface area contributed by atoms with Gasteiger partial charge in [0.25, 0.3) is 0 Å². The highest BCUT2D eigenvalue weighted by molar-refractivity contribution is 5.31. The average molecular weight is 295 g/mol. The minimum atomic E-state index is -0.534. The fourth-order valence-electron chi connectivity index (χ4n) is 3.52. The van der Waals surface area contributed by atoms with Crippen LogP contribution in [0.3, 0.4) is 0 Å². The van der Waals surface area contributed by atoms with Crippen molar-refractivity contribution < 1.29 is 5.11 Å². The maximum absolute atomic E-state index is 10.4. The third-order valence-electron chi connectivity index (χ3n) is 4.62. The van der Waals surface area contributed by atoms with Crippen LogP contribution in [0.5, 0.6) is 0 Å². The van der Waals surface area contributed by atoms with E-state index in [0.717, 1.165) is 25.7 Å². The summed E-state index contributed by atoms with van der Waals surface area (Å²) in [6.07, 6.45) is 3.95. The van der Waals surface area contributed by atoms with Gasteiger partial charge in [-0.25, -0.2) is 0 Å². The van der Waals surface area contributed by atoms with E-state index in [1.165, 1.54) is 11.1 Å². The van der Waals surface area contributed by atoms with E-state index < -0.39 is 5.60 Å². The predicted molar refractivity (Wildman–Crippen MR) is 90.7 cm³/mol. The molecule has 3 rings (SSSR count). The minimum absolute atomic E-state index is 0.182. The van der Waals surface area contributed by atoms with Gasteiger partial charge < -0.3 is 10.4 Å². The van der Waals surface area contributed by atoms with E-state index in [9.17, 15) is 5.11 Å². The van der Waals surface area contributed by atoms with Crippen molar-refractivity contribution >= 4 is 0 Å². The summed E-state index contributed by atoms with van der Waals surface area (Å²) in [4.78, 5) is 0. The van der Waals surface area contributed by atoms with Gasteiger partial charge >= 0.3 is 0 Å². The second-order valence-electron chi connectivity index (χ2n) is 6.71. The van der Waals surface area contributed by atoms with Gasteiger partial charge in [-0.2, -0.15) is 0 Å². The van der Waals surface area contributed by atoms with Crippen molar-refractivity contribution in [3.05, 3.63) is 71.8 Å². The first-order chi connectivity index (χ1) is 10.6. The van der Waals surface area contributed by atoms with Gasteiger partial charge in [-0.3, -0.25) is 0 Å². The topological polar surface area (TPSA) is 32.3 Å². The van der Waals surface area contributed by atoms with Crippen LogP contribution in [0.15, 0.2) is 60.7 Å². The zero-order valence-electron chi connectivity index (χ0n) is 13.2. The summed E-state index contributed by atoms with van der Waals surface area (Å²) in [7, 11) is 0. The third-order valence-corrected chi connectivity index (χ3v) is 4.62. The Morgan fingerprint density at radius 1 is 1.00 bits per heavy atom. The molecule has 0 aromatic heterocycles. The summed E-state index contributed by atoms with van der Waals surface area (Å²) in [6.45, 7) is 1.96. The van der Waals surface area contributed by atoms with E-state index in [1.54, 1.807) is 0 Å². The highest BCUT2D eigenvalue weighted by Crippen LogP contribution is 2.31. The van der Waals surface area contributed by atoms with E-state index in [1.807, 2.05) is 6.92 Å². The van der Waals surface area contributed by atoms with Gasteiger partial charge in [0, 0.05) is 6.04 Å². The van der Waals surface area contributed by atoms with E-state index in [4.69, 9.17) is 0 Å². The lowest BCUT2D eigenvalue weighted by atomic mass is 9.82. The van der Waals surface area contributed by atoms with Crippen LogP contribution in [0, 0.1) is 0 Å². The number of aliphatic hydroxyl groups is 1. The van der Waals surface area contributed by atoms with Crippen molar-refractivity contribution in [2.24, 2.45) is 0 Å². The van der Waals surface area contributed by atoms with Crippen molar-refractivity contribution in [3.8, 4) is 0 Å². The lowest BCUT2D eigenvalue weighted by molar-refractivity contribution is 0.00900. The Bertz CT molecular complexity index is 540. The van der Waals surface area contributed by atoms with Crippen LogP contribution in [-0.2, 0) is 0 Å². The molecule has 2 aromatic rings. The molecule has 116 valence electrons. The minimum Gasteiger partial charge on any atom is -0.390 e. The summed E-state index contributed by atoms with van der Waals surface area (Å²) >= 11 is 0. The van der Waals surface area contributed by atoms with E-state index in [2.05, 4.69) is 66.0 Å². The first-order valence-corrected chi connectivity index (χ1v) is 8.22.